The van der Waals surface area contributed by atoms with Gasteiger partial charge in [0.05, 0.1) is 7.11 Å². The predicted molar refractivity (Wildman–Crippen MR) is 107 cm³/mol. The zero-order chi connectivity index (χ0) is 27.1. The van der Waals surface area contributed by atoms with Crippen LogP contribution in [-0.2, 0) is 19.5 Å². The van der Waals surface area contributed by atoms with Crippen LogP contribution in [0.5, 0.6) is 11.5 Å². The van der Waals surface area contributed by atoms with Gasteiger partial charge in [-0.3, -0.25) is 0 Å². The summed E-state index contributed by atoms with van der Waals surface area (Å²) in [5.41, 5.74) is 0.183. The largest absolute Gasteiger partial charge is 0.508 e. The van der Waals surface area contributed by atoms with Crippen molar-refractivity contribution in [3.63, 3.8) is 0 Å². The van der Waals surface area contributed by atoms with E-state index in [9.17, 15) is 53.0 Å². The molecule has 0 radical (unpaired) electrons. The minimum atomic E-state index is -7.42. The number of aromatic hydroxyl groups is 1. The second-order valence-corrected chi connectivity index (χ2v) is 11.9. The summed E-state index contributed by atoms with van der Waals surface area (Å²) in [5.74, 6) is -15.5. The summed E-state index contributed by atoms with van der Waals surface area (Å²) < 4.78 is 154. The molecule has 0 amide bonds. The third-order valence-electron chi connectivity index (χ3n) is 4.61. The number of methoxy groups -OCH3 is 1. The van der Waals surface area contributed by atoms with Crippen LogP contribution in [0, 0.1) is 0 Å². The summed E-state index contributed by atoms with van der Waals surface area (Å²) in [6, 6.07) is 9.30. The first-order valence-corrected chi connectivity index (χ1v) is 12.6. The van der Waals surface area contributed by atoms with Gasteiger partial charge >= 0.3 is 33.4 Å². The summed E-state index contributed by atoms with van der Waals surface area (Å²) in [6.07, 6.45) is -6.32. The van der Waals surface area contributed by atoms with Crippen LogP contribution in [0.2, 0.25) is 0 Å². The lowest BCUT2D eigenvalue weighted by molar-refractivity contribution is -0.382. The number of ether oxygens (including phenoxy) is 1. The van der Waals surface area contributed by atoms with E-state index >= 15 is 0 Å². The van der Waals surface area contributed by atoms with Crippen LogP contribution in [0.1, 0.15) is 5.56 Å². The highest BCUT2D eigenvalue weighted by Gasteiger charge is 2.86. The lowest BCUT2D eigenvalue weighted by Gasteiger charge is -2.38. The molecule has 2 aromatic carbocycles. The molecule has 0 saturated heterocycles. The number of benzene rings is 2. The first-order chi connectivity index (χ1) is 15.7. The average molecular weight is 560 g/mol. The molecule has 1 N–H and O–H groups in total. The van der Waals surface area contributed by atoms with E-state index in [1.165, 1.54) is 31.4 Å². The molecule has 0 spiro atoms. The highest BCUT2D eigenvalue weighted by atomic mass is 32.3. The molecule has 2 rings (SSSR count). The van der Waals surface area contributed by atoms with Gasteiger partial charge in [0.15, 0.2) is 0 Å². The van der Waals surface area contributed by atoms with Crippen molar-refractivity contribution in [3.8, 4) is 11.5 Å². The van der Waals surface area contributed by atoms with Gasteiger partial charge in [0.25, 0.3) is 0 Å². The molecule has 0 aliphatic rings. The molecular formula is C19H17F9O5S2. The normalized spacial score (nSPS) is 16.4. The second kappa shape index (κ2) is 9.28. The topological polar surface area (TPSA) is 72.8 Å². The molecule has 5 nitrogen and oxygen atoms in total. The molecule has 198 valence electrons. The average Bonchev–Trinajstić information content (AvgIpc) is 2.73. The Morgan fingerprint density at radius 1 is 0.800 bits per heavy atom. The van der Waals surface area contributed by atoms with Crippen LogP contribution in [-0.4, -0.2) is 50.2 Å². The molecule has 0 aliphatic carbocycles. The number of phenolic OH excluding ortho intramolecular Hbond substituents is 1. The molecule has 0 fully saturated rings. The molecule has 2 aromatic rings. The number of alkyl halides is 9. The lowest BCUT2D eigenvalue weighted by atomic mass is 10.1. The smallest absolute Gasteiger partial charge is 0.460 e. The Hall–Kier alpha value is -2.33. The molecule has 0 saturated carbocycles. The zero-order valence-electron chi connectivity index (χ0n) is 17.6. The number of hydrogen-bond acceptors (Lipinski definition) is 5. The van der Waals surface area contributed by atoms with E-state index in [0.29, 0.717) is 5.75 Å². The first-order valence-electron chi connectivity index (χ1n) is 9.05. The Kier molecular flexibility index (Phi) is 7.66. The quantitative estimate of drug-likeness (QED) is 0.377. The molecule has 0 bridgehead atoms. The van der Waals surface area contributed by atoms with Crippen molar-refractivity contribution in [2.24, 2.45) is 0 Å². The fourth-order valence-electron chi connectivity index (χ4n) is 2.68. The molecule has 16 heteroatoms. The van der Waals surface area contributed by atoms with Crippen LogP contribution in [0.4, 0.5) is 39.5 Å². The van der Waals surface area contributed by atoms with Gasteiger partial charge in [0.1, 0.15) is 11.5 Å². The second-order valence-electron chi connectivity index (χ2n) is 7.18. The summed E-state index contributed by atoms with van der Waals surface area (Å²) in [5, 5.41) is 2.44. The van der Waals surface area contributed by atoms with Crippen molar-refractivity contribution < 1.29 is 61.4 Å². The lowest BCUT2D eigenvalue weighted by Crippen LogP contribution is -2.63. The molecule has 1 unspecified atom stereocenters. The first kappa shape index (κ1) is 28.9. The minimum Gasteiger partial charge on any atom is -0.508 e. The fraction of sp³-hybridized carbons (Fsp3) is 0.368. The SMILES string of the molecule is COc1ccc(CS(C)(OS(=O)(=O)C(F)(F)C(F)(F)C(F)(F)C(F)(F)F)c2ccc(O)cc2)cc1. The molecule has 0 aliphatic heterocycles. The highest BCUT2D eigenvalue weighted by molar-refractivity contribution is 8.32. The third-order valence-corrected chi connectivity index (χ3v) is 9.56. The molecular weight excluding hydrogens is 543 g/mol. The summed E-state index contributed by atoms with van der Waals surface area (Å²) in [7, 11) is -9.48. The molecule has 0 aromatic heterocycles. The van der Waals surface area contributed by atoms with E-state index in [0.717, 1.165) is 30.5 Å². The van der Waals surface area contributed by atoms with Crippen molar-refractivity contribution in [1.82, 2.24) is 0 Å². The monoisotopic (exact) mass is 560 g/mol. The molecule has 1 atom stereocenters. The van der Waals surface area contributed by atoms with Gasteiger partial charge < -0.3 is 9.84 Å². The van der Waals surface area contributed by atoms with Crippen molar-refractivity contribution in [2.45, 2.75) is 33.9 Å². The van der Waals surface area contributed by atoms with Crippen LogP contribution in [0.15, 0.2) is 53.4 Å². The Bertz CT molecular complexity index is 1130. The summed E-state index contributed by atoms with van der Waals surface area (Å²) in [4.78, 5) is -0.239. The van der Waals surface area contributed by atoms with Gasteiger partial charge in [-0.1, -0.05) is 22.4 Å². The van der Waals surface area contributed by atoms with Gasteiger partial charge in [-0.05, 0) is 48.2 Å². The van der Waals surface area contributed by atoms with Crippen LogP contribution < -0.4 is 4.74 Å². The number of halogens is 9. The van der Waals surface area contributed by atoms with Gasteiger partial charge in [-0.2, -0.15) is 47.9 Å². The van der Waals surface area contributed by atoms with E-state index in [4.69, 9.17) is 4.74 Å². The van der Waals surface area contributed by atoms with E-state index < -0.39 is 49.5 Å². The van der Waals surface area contributed by atoms with Gasteiger partial charge in [0.2, 0.25) is 0 Å². The standard InChI is InChI=1S/C19H17F9O5S2/c1-32-14-7-3-12(4-8-14)11-34(2,15-9-5-13(29)6-10-15)33-35(30,31)19(27,28)17(22,23)16(20,21)18(24,25)26/h3-10,29H,11H2,1-2H3. The predicted octanol–water partition coefficient (Wildman–Crippen LogP) is 6.08. The van der Waals surface area contributed by atoms with Crippen molar-refractivity contribution in [1.29, 1.82) is 0 Å². The minimum absolute atomic E-state index is 0.183. The van der Waals surface area contributed by atoms with E-state index in [-0.39, 0.29) is 16.2 Å². The van der Waals surface area contributed by atoms with E-state index in [2.05, 4.69) is 3.63 Å². The Morgan fingerprint density at radius 3 is 1.71 bits per heavy atom. The van der Waals surface area contributed by atoms with Gasteiger partial charge in [-0.25, -0.2) is 3.63 Å². The highest BCUT2D eigenvalue weighted by Crippen LogP contribution is 2.62. The Morgan fingerprint density at radius 2 is 1.29 bits per heavy atom. The van der Waals surface area contributed by atoms with Gasteiger partial charge in [0, 0.05) is 10.6 Å². The zero-order valence-corrected chi connectivity index (χ0v) is 19.3. The van der Waals surface area contributed by atoms with Gasteiger partial charge in [-0.15, -0.1) is 0 Å². The number of phenols is 1. The maximum Gasteiger partial charge on any atom is 0.460 e. The number of hydrogen-bond donors (Lipinski definition) is 1. The molecule has 35 heavy (non-hydrogen) atoms. The summed E-state index contributed by atoms with van der Waals surface area (Å²) in [6.45, 7) is 0. The third kappa shape index (κ3) is 5.28. The van der Waals surface area contributed by atoms with Crippen molar-refractivity contribution >= 4 is 20.4 Å². The van der Waals surface area contributed by atoms with E-state index in [1.54, 1.807) is 0 Å². The Labute approximate surface area is 195 Å². The van der Waals surface area contributed by atoms with E-state index in [1.807, 2.05) is 0 Å². The van der Waals surface area contributed by atoms with Crippen LogP contribution >= 0.6 is 10.3 Å². The van der Waals surface area contributed by atoms with Crippen LogP contribution in [0.25, 0.3) is 0 Å². The van der Waals surface area contributed by atoms with Crippen molar-refractivity contribution in [3.05, 3.63) is 54.1 Å². The fourth-order valence-corrected chi connectivity index (χ4v) is 7.26. The van der Waals surface area contributed by atoms with Crippen molar-refractivity contribution in [2.75, 3.05) is 13.4 Å². The maximum atomic E-state index is 14.3. The maximum absolute atomic E-state index is 14.3. The number of rotatable bonds is 9. The molecule has 0 heterocycles. The Balaban J connectivity index is 2.59. The summed E-state index contributed by atoms with van der Waals surface area (Å²) >= 11 is 0. The van der Waals surface area contributed by atoms with Crippen LogP contribution in [0.3, 0.4) is 0 Å².